The first kappa shape index (κ1) is 26.3. The number of hydrogen-bond donors (Lipinski definition) is 1. The minimum atomic E-state index is -1.18. The molecule has 3 heterocycles. The Labute approximate surface area is 232 Å². The minimum Gasteiger partial charge on any atom is -0.454 e. The van der Waals surface area contributed by atoms with E-state index in [9.17, 15) is 18.8 Å². The van der Waals surface area contributed by atoms with Crippen LogP contribution in [0.25, 0.3) is 22.3 Å². The van der Waals surface area contributed by atoms with Crippen LogP contribution < -0.4 is 10.5 Å². The highest BCUT2D eigenvalue weighted by molar-refractivity contribution is 5.99. The van der Waals surface area contributed by atoms with Gasteiger partial charge in [-0.1, -0.05) is 12.1 Å². The molecule has 2 fully saturated rings. The molecule has 1 atom stereocenters. The molecule has 208 valence electrons. The third-order valence-electron chi connectivity index (χ3n) is 7.26. The number of nitrogen functional groups attached to an aromatic ring is 1. The highest BCUT2D eigenvalue weighted by Gasteiger charge is 2.31. The van der Waals surface area contributed by atoms with E-state index in [0.717, 1.165) is 25.0 Å². The zero-order valence-corrected chi connectivity index (χ0v) is 21.7. The molecule has 4 aromatic rings. The number of halogens is 3. The Morgan fingerprint density at radius 1 is 1.12 bits per heavy atom. The molecule has 9 nitrogen and oxygen atoms in total. The van der Waals surface area contributed by atoms with Crippen molar-refractivity contribution < 1.29 is 22.7 Å². The number of nitrogens with two attached hydrogens (primary N) is 1. The number of likely N-dealkylation sites (tertiary alicyclic amines) is 1. The summed E-state index contributed by atoms with van der Waals surface area (Å²) >= 11 is 0. The number of rotatable bonds is 6. The summed E-state index contributed by atoms with van der Waals surface area (Å²) in [5, 5.41) is 14.6. The van der Waals surface area contributed by atoms with Gasteiger partial charge in [0.25, 0.3) is 5.91 Å². The SMILES string of the molecule is N#C/C(=C\C1CC1)C(=O)N1CCC[C@H](n2nc(-c3ccc(Oc4cccc(F)c4F)cc3F)c3c(N)ncnc32)C1. The number of hydrogen-bond acceptors (Lipinski definition) is 7. The van der Waals surface area contributed by atoms with Gasteiger partial charge in [0.2, 0.25) is 5.82 Å². The first-order chi connectivity index (χ1) is 19.8. The molecule has 0 bridgehead atoms. The largest absolute Gasteiger partial charge is 0.454 e. The highest BCUT2D eigenvalue weighted by Crippen LogP contribution is 2.37. The van der Waals surface area contributed by atoms with Crippen LogP contribution in [0.4, 0.5) is 19.0 Å². The maximum atomic E-state index is 15.5. The quantitative estimate of drug-likeness (QED) is 0.251. The van der Waals surface area contributed by atoms with Crippen molar-refractivity contribution in [1.29, 1.82) is 5.26 Å². The fraction of sp³-hybridized carbons (Fsp3) is 0.276. The van der Waals surface area contributed by atoms with E-state index < -0.39 is 17.5 Å². The summed E-state index contributed by atoms with van der Waals surface area (Å²) < 4.78 is 50.1. The normalized spacial score (nSPS) is 17.5. The number of piperidine rings is 1. The van der Waals surface area contributed by atoms with Crippen molar-refractivity contribution in [2.45, 2.75) is 31.7 Å². The summed E-state index contributed by atoms with van der Waals surface area (Å²) in [4.78, 5) is 23.2. The Balaban J connectivity index is 1.33. The van der Waals surface area contributed by atoms with Crippen LogP contribution in [0.5, 0.6) is 11.5 Å². The average molecular weight is 560 g/mol. The van der Waals surface area contributed by atoms with Crippen molar-refractivity contribution in [3.05, 3.63) is 71.8 Å². The molecule has 2 aliphatic rings. The first-order valence-electron chi connectivity index (χ1n) is 13.2. The van der Waals surface area contributed by atoms with Crippen LogP contribution in [0.2, 0.25) is 0 Å². The van der Waals surface area contributed by atoms with Gasteiger partial charge in [0.05, 0.1) is 11.4 Å². The molecule has 0 radical (unpaired) electrons. The number of carbonyl (C=O) groups is 1. The smallest absolute Gasteiger partial charge is 0.264 e. The Kier molecular flexibility index (Phi) is 6.78. The van der Waals surface area contributed by atoms with Gasteiger partial charge in [-0.25, -0.2) is 23.4 Å². The van der Waals surface area contributed by atoms with E-state index in [-0.39, 0.29) is 58.6 Å². The third kappa shape index (κ3) is 5.06. The fourth-order valence-corrected chi connectivity index (χ4v) is 5.04. The van der Waals surface area contributed by atoms with Gasteiger partial charge in [-0.3, -0.25) is 4.79 Å². The summed E-state index contributed by atoms with van der Waals surface area (Å²) in [5.41, 5.74) is 6.99. The number of amides is 1. The Bertz CT molecular complexity index is 1740. The van der Waals surface area contributed by atoms with Crippen LogP contribution in [-0.4, -0.2) is 43.6 Å². The van der Waals surface area contributed by atoms with Crippen molar-refractivity contribution >= 4 is 22.8 Å². The molecule has 2 aromatic heterocycles. The molecule has 1 saturated heterocycles. The lowest BCUT2D eigenvalue weighted by Gasteiger charge is -2.32. The predicted octanol–water partition coefficient (Wildman–Crippen LogP) is 5.31. The zero-order valence-electron chi connectivity index (χ0n) is 21.7. The van der Waals surface area contributed by atoms with E-state index in [0.29, 0.717) is 30.4 Å². The number of allylic oxidation sites excluding steroid dienone is 1. The second-order valence-electron chi connectivity index (χ2n) is 10.1. The minimum absolute atomic E-state index is 0.0438. The van der Waals surface area contributed by atoms with Gasteiger partial charge >= 0.3 is 0 Å². The van der Waals surface area contributed by atoms with Crippen LogP contribution in [0.1, 0.15) is 31.7 Å². The molecular formula is C29H24F3N7O2. The topological polar surface area (TPSA) is 123 Å². The second kappa shape index (κ2) is 10.6. The Morgan fingerprint density at radius 2 is 1.95 bits per heavy atom. The Hall–Kier alpha value is -4.92. The summed E-state index contributed by atoms with van der Waals surface area (Å²) in [6.45, 7) is 0.793. The predicted molar refractivity (Wildman–Crippen MR) is 143 cm³/mol. The number of fused-ring (bicyclic) bond motifs is 1. The number of benzene rings is 2. The van der Waals surface area contributed by atoms with Crippen LogP contribution in [-0.2, 0) is 4.79 Å². The van der Waals surface area contributed by atoms with Crippen molar-refractivity contribution in [3.63, 3.8) is 0 Å². The van der Waals surface area contributed by atoms with Crippen molar-refractivity contribution in [2.75, 3.05) is 18.8 Å². The second-order valence-corrected chi connectivity index (χ2v) is 10.1. The van der Waals surface area contributed by atoms with Crippen molar-refractivity contribution in [3.8, 4) is 28.8 Å². The molecule has 1 saturated carbocycles. The number of ether oxygens (including phenoxy) is 1. The number of nitrogens with zero attached hydrogens (tertiary/aromatic N) is 6. The molecule has 12 heteroatoms. The molecular weight excluding hydrogens is 535 g/mol. The van der Waals surface area contributed by atoms with Gasteiger partial charge in [-0.05, 0) is 55.9 Å². The lowest BCUT2D eigenvalue weighted by atomic mass is 10.0. The van der Waals surface area contributed by atoms with E-state index in [1.807, 2.05) is 6.07 Å². The van der Waals surface area contributed by atoms with E-state index in [4.69, 9.17) is 10.5 Å². The van der Waals surface area contributed by atoms with Gasteiger partial charge in [0, 0.05) is 24.7 Å². The van der Waals surface area contributed by atoms with Gasteiger partial charge < -0.3 is 15.4 Å². The van der Waals surface area contributed by atoms with Gasteiger partial charge in [-0.2, -0.15) is 14.8 Å². The lowest BCUT2D eigenvalue weighted by Crippen LogP contribution is -2.41. The summed E-state index contributed by atoms with van der Waals surface area (Å²) in [7, 11) is 0. The van der Waals surface area contributed by atoms with Crippen molar-refractivity contribution in [2.24, 2.45) is 5.92 Å². The number of nitriles is 1. The molecule has 1 amide bonds. The maximum Gasteiger partial charge on any atom is 0.264 e. The summed E-state index contributed by atoms with van der Waals surface area (Å²) in [6, 6.07) is 9.05. The van der Waals surface area contributed by atoms with E-state index in [2.05, 4.69) is 15.1 Å². The average Bonchev–Trinajstić information content (AvgIpc) is 3.71. The molecule has 1 aliphatic heterocycles. The molecule has 2 N–H and O–H groups in total. The molecule has 1 aliphatic carbocycles. The maximum absolute atomic E-state index is 15.5. The number of carbonyl (C=O) groups excluding carboxylic acids is 1. The van der Waals surface area contributed by atoms with Gasteiger partial charge in [0.1, 0.15) is 41.0 Å². The highest BCUT2D eigenvalue weighted by atomic mass is 19.2. The molecule has 0 spiro atoms. The molecule has 0 unspecified atom stereocenters. The number of anilines is 1. The van der Waals surface area contributed by atoms with E-state index in [1.54, 1.807) is 15.7 Å². The van der Waals surface area contributed by atoms with Gasteiger partial charge in [-0.15, -0.1) is 0 Å². The molecule has 41 heavy (non-hydrogen) atoms. The standard InChI is InChI=1S/C29H24F3N7O2/c30-21-4-1-5-23(25(21)32)41-19-8-9-20(22(31)12-19)26-24-27(34)35-15-36-28(24)39(37-26)18-3-2-10-38(14-18)29(40)17(13-33)11-16-6-7-16/h1,4-5,8-9,11-12,15-16,18H,2-3,6-7,10,14H2,(H2,34,35,36)/b17-11+/t18-/m0/s1. The number of aromatic nitrogens is 4. The summed E-state index contributed by atoms with van der Waals surface area (Å²) in [6.07, 6.45) is 6.35. The molecule has 2 aromatic carbocycles. The fourth-order valence-electron chi connectivity index (χ4n) is 5.04. The van der Waals surface area contributed by atoms with Crippen molar-refractivity contribution in [1.82, 2.24) is 24.6 Å². The first-order valence-corrected chi connectivity index (χ1v) is 13.2. The lowest BCUT2D eigenvalue weighted by molar-refractivity contribution is -0.128. The Morgan fingerprint density at radius 3 is 2.71 bits per heavy atom. The van der Waals surface area contributed by atoms with Crippen LogP contribution in [0.3, 0.4) is 0 Å². The third-order valence-corrected chi connectivity index (χ3v) is 7.26. The monoisotopic (exact) mass is 559 g/mol. The van der Waals surface area contributed by atoms with Crippen LogP contribution in [0.15, 0.2) is 54.4 Å². The zero-order chi connectivity index (χ0) is 28.7. The van der Waals surface area contributed by atoms with Crippen LogP contribution >= 0.6 is 0 Å². The van der Waals surface area contributed by atoms with E-state index >= 15 is 4.39 Å². The molecule has 6 rings (SSSR count). The van der Waals surface area contributed by atoms with Crippen LogP contribution in [0, 0.1) is 34.7 Å². The summed E-state index contributed by atoms with van der Waals surface area (Å²) in [5.74, 6) is -3.36. The van der Waals surface area contributed by atoms with E-state index in [1.165, 1.54) is 30.6 Å². The van der Waals surface area contributed by atoms with Gasteiger partial charge in [0.15, 0.2) is 17.2 Å².